The summed E-state index contributed by atoms with van der Waals surface area (Å²) in [5.74, 6) is -3.17. The molecule has 49 heavy (non-hydrogen) atoms. The predicted molar refractivity (Wildman–Crippen MR) is 180 cm³/mol. The lowest BCUT2D eigenvalue weighted by atomic mass is 10.1. The number of carboxylic acids is 1. The van der Waals surface area contributed by atoms with E-state index in [9.17, 15) is 37.1 Å². The summed E-state index contributed by atoms with van der Waals surface area (Å²) in [5.41, 5.74) is -1.62. The van der Waals surface area contributed by atoms with Gasteiger partial charge in [-0.2, -0.15) is 0 Å². The lowest BCUT2D eigenvalue weighted by molar-refractivity contribution is 0.0525. The van der Waals surface area contributed by atoms with E-state index in [1.807, 2.05) is 13.8 Å². The highest BCUT2D eigenvalue weighted by molar-refractivity contribution is 7.92. The Labute approximate surface area is 283 Å². The Balaban J connectivity index is 1.77. The number of methoxy groups -OCH3 is 1. The van der Waals surface area contributed by atoms with Crippen LogP contribution < -0.4 is 19.9 Å². The highest BCUT2D eigenvalue weighted by Crippen LogP contribution is 2.41. The summed E-state index contributed by atoms with van der Waals surface area (Å²) in [6.07, 6.45) is 0.619. The number of unbranched alkanes of at least 4 members (excludes halogenated alkanes) is 2. The molecule has 268 valence electrons. The van der Waals surface area contributed by atoms with Crippen LogP contribution in [0.2, 0.25) is 0 Å². The number of rotatable bonds is 13. The van der Waals surface area contributed by atoms with Crippen LogP contribution in [0.3, 0.4) is 0 Å². The summed E-state index contributed by atoms with van der Waals surface area (Å²) in [6.45, 7) is 9.38. The number of alkyl carbamates (subject to hydrolysis) is 1. The molecule has 0 fully saturated rings. The molecule has 0 spiro atoms. The van der Waals surface area contributed by atoms with Crippen molar-refractivity contribution in [2.24, 2.45) is 0 Å². The average molecular weight is 707 g/mol. The van der Waals surface area contributed by atoms with Crippen molar-refractivity contribution in [1.82, 2.24) is 24.6 Å². The molecule has 1 aromatic carbocycles. The van der Waals surface area contributed by atoms with E-state index in [0.29, 0.717) is 19.4 Å². The van der Waals surface area contributed by atoms with Crippen LogP contribution in [-0.4, -0.2) is 95.9 Å². The lowest BCUT2D eigenvalue weighted by Gasteiger charge is -2.33. The van der Waals surface area contributed by atoms with Gasteiger partial charge in [0.25, 0.3) is 11.5 Å². The molecule has 4 rings (SSSR count). The minimum absolute atomic E-state index is 0.0452. The summed E-state index contributed by atoms with van der Waals surface area (Å²) in [6, 6.07) is 2.67. The van der Waals surface area contributed by atoms with Gasteiger partial charge in [-0.05, 0) is 65.2 Å². The molecule has 3 aromatic rings. The van der Waals surface area contributed by atoms with Gasteiger partial charge in [0.05, 0.1) is 25.0 Å². The zero-order valence-corrected chi connectivity index (χ0v) is 29.5. The Morgan fingerprint density at radius 2 is 1.88 bits per heavy atom. The van der Waals surface area contributed by atoms with Gasteiger partial charge in [0, 0.05) is 32.7 Å². The van der Waals surface area contributed by atoms with E-state index < -0.39 is 63.1 Å². The Hall–Kier alpha value is -4.67. The molecule has 1 aliphatic rings. The Bertz CT molecular complexity index is 1930. The van der Waals surface area contributed by atoms with Crippen LogP contribution in [0, 0.1) is 5.82 Å². The van der Waals surface area contributed by atoms with E-state index in [-0.39, 0.29) is 59.0 Å². The number of amides is 2. The third-order valence-electron chi connectivity index (χ3n) is 8.12. The zero-order valence-electron chi connectivity index (χ0n) is 28.7. The number of aromatic nitrogens is 3. The molecule has 3 heterocycles. The monoisotopic (exact) mass is 706 g/mol. The van der Waals surface area contributed by atoms with Gasteiger partial charge in [0.2, 0.25) is 10.0 Å². The maximum absolute atomic E-state index is 14.1. The maximum atomic E-state index is 14.1. The normalized spacial score (nSPS) is 14.9. The molecule has 0 aliphatic carbocycles. The number of likely N-dealkylation sites (N-methyl/N-ethyl adjacent to an activating group) is 1. The molecule has 2 amide bonds. The van der Waals surface area contributed by atoms with Crippen molar-refractivity contribution in [3.8, 4) is 5.75 Å². The number of hydrogen-bond acceptors (Lipinski definition) is 9. The number of carbonyl (C=O) groups is 3. The van der Waals surface area contributed by atoms with Crippen LogP contribution in [0.5, 0.6) is 5.75 Å². The number of fused-ring (bicyclic) bond motifs is 3. The summed E-state index contributed by atoms with van der Waals surface area (Å²) in [7, 11) is -1.50. The predicted octanol–water partition coefficient (Wildman–Crippen LogP) is 3.59. The van der Waals surface area contributed by atoms with Gasteiger partial charge < -0.3 is 29.4 Å². The second kappa shape index (κ2) is 14.4. The number of carboxylic acid groups (broad SMARTS) is 1. The maximum Gasteiger partial charge on any atom is 0.407 e. The van der Waals surface area contributed by atoms with Crippen LogP contribution in [0.25, 0.3) is 10.9 Å². The molecule has 15 nitrogen and oxygen atoms in total. The van der Waals surface area contributed by atoms with Crippen LogP contribution >= 0.6 is 0 Å². The van der Waals surface area contributed by atoms with Crippen molar-refractivity contribution in [2.45, 2.75) is 72.1 Å². The van der Waals surface area contributed by atoms with E-state index in [1.54, 1.807) is 30.2 Å². The van der Waals surface area contributed by atoms with Crippen molar-refractivity contribution < 1.29 is 41.8 Å². The number of nitrogens with one attached hydrogen (secondary N) is 1. The van der Waals surface area contributed by atoms with Gasteiger partial charge >= 0.3 is 12.1 Å². The lowest BCUT2D eigenvalue weighted by Crippen LogP contribution is -2.42. The number of ether oxygens (including phenoxy) is 2. The fourth-order valence-electron chi connectivity index (χ4n) is 5.79. The number of carbonyl (C=O) groups excluding carboxylic acids is 2. The van der Waals surface area contributed by atoms with Gasteiger partial charge in [0.15, 0.2) is 17.3 Å². The topological polar surface area (TPSA) is 182 Å². The fraction of sp³-hybridized carbons (Fsp3) is 0.531. The highest BCUT2D eigenvalue weighted by Gasteiger charge is 2.39. The molecular formula is C32H43FN6O9S. The van der Waals surface area contributed by atoms with Gasteiger partial charge in [-0.3, -0.25) is 13.9 Å². The van der Waals surface area contributed by atoms with Crippen LogP contribution in [0.4, 0.5) is 15.0 Å². The molecule has 1 unspecified atom stereocenters. The molecular weight excluding hydrogens is 663 g/mol. The van der Waals surface area contributed by atoms with Crippen molar-refractivity contribution in [2.75, 3.05) is 43.8 Å². The van der Waals surface area contributed by atoms with Gasteiger partial charge in [-0.1, -0.05) is 12.5 Å². The average Bonchev–Trinajstić information content (AvgIpc) is 3.38. The van der Waals surface area contributed by atoms with E-state index >= 15 is 0 Å². The second-order valence-electron chi connectivity index (χ2n) is 12.8. The van der Waals surface area contributed by atoms with E-state index in [1.165, 1.54) is 20.2 Å². The van der Waals surface area contributed by atoms with Gasteiger partial charge in [-0.15, -0.1) is 5.10 Å². The number of halogens is 1. The summed E-state index contributed by atoms with van der Waals surface area (Å²) in [5, 5.41) is 16.7. The Morgan fingerprint density at radius 3 is 2.49 bits per heavy atom. The minimum Gasteiger partial charge on any atom is -0.493 e. The molecule has 1 atom stereocenters. The van der Waals surface area contributed by atoms with E-state index in [0.717, 1.165) is 21.1 Å². The van der Waals surface area contributed by atoms with E-state index in [4.69, 9.17) is 9.47 Å². The molecule has 0 radical (unpaired) electrons. The van der Waals surface area contributed by atoms with Crippen molar-refractivity contribution in [1.29, 1.82) is 0 Å². The van der Waals surface area contributed by atoms with Crippen molar-refractivity contribution in [3.05, 3.63) is 51.2 Å². The van der Waals surface area contributed by atoms with Crippen LogP contribution in [0.1, 0.15) is 86.3 Å². The van der Waals surface area contributed by atoms with Crippen molar-refractivity contribution >= 4 is 44.7 Å². The molecule has 2 N–H and O–H groups in total. The van der Waals surface area contributed by atoms with Crippen molar-refractivity contribution in [3.63, 3.8) is 0 Å². The number of anilines is 1. The second-order valence-corrected chi connectivity index (χ2v) is 15.0. The molecule has 1 aliphatic heterocycles. The summed E-state index contributed by atoms with van der Waals surface area (Å²) in [4.78, 5) is 53.2. The zero-order chi connectivity index (χ0) is 36.4. The first-order valence-electron chi connectivity index (χ1n) is 15.9. The smallest absolute Gasteiger partial charge is 0.407 e. The number of sulfonamides is 1. The first kappa shape index (κ1) is 37.2. The Kier molecular flexibility index (Phi) is 10.9. The van der Waals surface area contributed by atoms with Crippen LogP contribution in [-0.2, 0) is 21.3 Å². The standard InChI is InChI=1S/C32H43FN6O9S/c1-8-37-17-19(2)39-24-23(26(47-7)25(39)29(37)41)28(40)38(18-20-12-13-21(33)16-22(20)30(42)43)35-27(24)36(6)49(45,46)15-11-9-10-14-34-31(44)48-32(3,4)5/h12-13,16,19H,8-11,14-15,17-18H2,1-7H3,(H,34,44)(H,42,43). The minimum atomic E-state index is -4.08. The Morgan fingerprint density at radius 1 is 1.18 bits per heavy atom. The summed E-state index contributed by atoms with van der Waals surface area (Å²) < 4.78 is 55.8. The summed E-state index contributed by atoms with van der Waals surface area (Å²) >= 11 is 0. The molecule has 0 bridgehead atoms. The molecule has 0 saturated heterocycles. The third kappa shape index (κ3) is 7.81. The van der Waals surface area contributed by atoms with Gasteiger partial charge in [-0.25, -0.2) is 27.1 Å². The largest absolute Gasteiger partial charge is 0.493 e. The molecule has 2 aromatic heterocycles. The van der Waals surface area contributed by atoms with E-state index in [2.05, 4.69) is 10.4 Å². The third-order valence-corrected chi connectivity index (χ3v) is 9.93. The number of benzene rings is 1. The number of hydrogen-bond donors (Lipinski definition) is 2. The molecule has 17 heteroatoms. The van der Waals surface area contributed by atoms with Gasteiger partial charge in [0.1, 0.15) is 22.3 Å². The molecule has 0 saturated carbocycles. The fourth-order valence-corrected chi connectivity index (χ4v) is 7.02. The van der Waals surface area contributed by atoms with Crippen LogP contribution in [0.15, 0.2) is 23.0 Å². The first-order valence-corrected chi connectivity index (χ1v) is 17.5. The number of aromatic carboxylic acids is 1. The highest BCUT2D eigenvalue weighted by atomic mass is 32.2. The SMILES string of the molecule is CCN1CC(C)n2c(c(OC)c3c(=O)n(Cc4ccc(F)cc4C(=O)O)nc(N(C)S(=O)(=O)CCCCCNC(=O)OC(C)(C)C)c32)C1=O. The number of nitrogens with zero attached hydrogens (tertiary/aromatic N) is 5. The quantitative estimate of drug-likeness (QED) is 0.249. The first-order chi connectivity index (χ1) is 22.9.